The first kappa shape index (κ1) is 29.0. The lowest BCUT2D eigenvalue weighted by Gasteiger charge is -2.25. The second-order valence-electron chi connectivity index (χ2n) is 8.66. The fourth-order valence-corrected chi connectivity index (χ4v) is 5.17. The Morgan fingerprint density at radius 1 is 1.32 bits per heavy atom. The zero-order valence-corrected chi connectivity index (χ0v) is 22.1. The fourth-order valence-electron chi connectivity index (χ4n) is 3.37. The van der Waals surface area contributed by atoms with Crippen LogP contribution in [0.1, 0.15) is 32.6 Å². The van der Waals surface area contributed by atoms with Crippen LogP contribution in [0.3, 0.4) is 0 Å². The molecule has 0 bridgehead atoms. The maximum absolute atomic E-state index is 15.3. The summed E-state index contributed by atoms with van der Waals surface area (Å²) < 4.78 is 51.1. The number of nitrogens with one attached hydrogen (secondary N) is 2. The van der Waals surface area contributed by atoms with Crippen molar-refractivity contribution in [2.45, 2.75) is 63.4 Å². The van der Waals surface area contributed by atoms with Crippen molar-refractivity contribution >= 4 is 25.3 Å². The normalized spacial score (nSPS) is 26.0. The number of aryl methyl sites for hydroxylation is 1. The van der Waals surface area contributed by atoms with E-state index in [1.54, 1.807) is 32.0 Å². The quantitative estimate of drug-likeness (QED) is 0.222. The number of H-pyrrole nitrogens is 1. The van der Waals surface area contributed by atoms with Gasteiger partial charge in [0.1, 0.15) is 24.0 Å². The highest BCUT2D eigenvalue weighted by molar-refractivity contribution is 7.52. The summed E-state index contributed by atoms with van der Waals surface area (Å²) in [5.41, 5.74) is -1.64. The molecule has 1 saturated heterocycles. The molecule has 15 heteroatoms. The largest absolute Gasteiger partial charge is 0.462 e. The van der Waals surface area contributed by atoms with Gasteiger partial charge in [-0.2, -0.15) is 5.09 Å². The number of para-hydroxylation sites is 1. The molecule has 3 rings (SSSR count). The zero-order valence-electron chi connectivity index (χ0n) is 20.4. The van der Waals surface area contributed by atoms with Crippen LogP contribution in [0, 0.1) is 6.92 Å². The fraction of sp³-hybridized carbons (Fsp3) is 0.500. The van der Waals surface area contributed by atoms with Crippen LogP contribution >= 0.6 is 19.3 Å². The van der Waals surface area contributed by atoms with E-state index in [2.05, 4.69) is 5.09 Å². The molecule has 0 spiro atoms. The summed E-state index contributed by atoms with van der Waals surface area (Å²) in [6, 6.07) is 6.75. The number of carbonyl (C=O) groups is 1. The summed E-state index contributed by atoms with van der Waals surface area (Å²) in [4.78, 5) is 38.2. The standard InChI is InChI=1S/C22H28ClFN3O9P/c1-12(2)34-19(30)14(4)26-37(32,36-15-8-6-5-7-9-15)33-11-16-17(28)22(23,24)20(35-16)27-10-13(3)18(29)25-21(27)31/h5-10,12,14,16-17,20,28H,11H2,1-4H3,(H,26,32)(H,25,29,31)/t14-,16+,17+,20+,22+,37-/m0/s1. The van der Waals surface area contributed by atoms with Gasteiger partial charge < -0.3 is 19.1 Å². The third-order valence-electron chi connectivity index (χ3n) is 5.21. The Hall–Kier alpha value is -2.54. The number of ether oxygens (including phenoxy) is 2. The van der Waals surface area contributed by atoms with Gasteiger partial charge in [0.15, 0.2) is 6.23 Å². The highest BCUT2D eigenvalue weighted by Gasteiger charge is 2.58. The number of hydrogen-bond acceptors (Lipinski definition) is 9. The number of benzene rings is 1. The molecule has 37 heavy (non-hydrogen) atoms. The average Bonchev–Trinajstić information content (AvgIpc) is 3.03. The molecular formula is C22H28ClFN3O9P. The van der Waals surface area contributed by atoms with Gasteiger partial charge in [0.05, 0.1) is 12.7 Å². The van der Waals surface area contributed by atoms with Crippen LogP contribution < -0.4 is 20.9 Å². The first-order chi connectivity index (χ1) is 17.2. The summed E-state index contributed by atoms with van der Waals surface area (Å²) in [6.45, 7) is 5.31. The predicted octanol–water partition coefficient (Wildman–Crippen LogP) is 2.14. The molecule has 3 N–H and O–H groups in total. The van der Waals surface area contributed by atoms with Gasteiger partial charge >= 0.3 is 19.4 Å². The molecule has 6 atom stereocenters. The van der Waals surface area contributed by atoms with Gasteiger partial charge in [0, 0.05) is 11.8 Å². The first-order valence-corrected chi connectivity index (χ1v) is 13.2. The molecular weight excluding hydrogens is 536 g/mol. The second kappa shape index (κ2) is 11.5. The maximum Gasteiger partial charge on any atom is 0.459 e. The number of aromatic amines is 1. The molecule has 1 fully saturated rings. The first-order valence-electron chi connectivity index (χ1n) is 11.2. The summed E-state index contributed by atoms with van der Waals surface area (Å²) in [6.07, 6.45) is -4.84. The van der Waals surface area contributed by atoms with Crippen LogP contribution in [0.5, 0.6) is 5.75 Å². The minimum absolute atomic E-state index is 0.0667. The Bertz CT molecular complexity index is 1270. The minimum atomic E-state index is -4.35. The topological polar surface area (TPSA) is 158 Å². The van der Waals surface area contributed by atoms with E-state index in [1.165, 1.54) is 26.0 Å². The molecule has 0 aliphatic carbocycles. The molecule has 1 aromatic carbocycles. The number of aliphatic hydroxyl groups excluding tert-OH is 1. The third-order valence-corrected chi connectivity index (χ3v) is 7.27. The van der Waals surface area contributed by atoms with Crippen molar-refractivity contribution in [3.05, 3.63) is 62.9 Å². The maximum atomic E-state index is 15.3. The van der Waals surface area contributed by atoms with E-state index >= 15 is 4.39 Å². The Kier molecular flexibility index (Phi) is 8.99. The van der Waals surface area contributed by atoms with Gasteiger partial charge in [-0.3, -0.25) is 23.7 Å². The van der Waals surface area contributed by atoms with Gasteiger partial charge in [-0.25, -0.2) is 13.8 Å². The predicted molar refractivity (Wildman–Crippen MR) is 130 cm³/mol. The number of hydrogen-bond donors (Lipinski definition) is 3. The number of halogens is 2. The number of nitrogens with zero attached hydrogens (tertiary/aromatic N) is 1. The van der Waals surface area contributed by atoms with Gasteiger partial charge in [-0.05, 0) is 39.8 Å². The number of carbonyl (C=O) groups excluding carboxylic acids is 1. The summed E-state index contributed by atoms with van der Waals surface area (Å²) >= 11 is 5.91. The minimum Gasteiger partial charge on any atom is -0.462 e. The second-order valence-corrected chi connectivity index (χ2v) is 10.9. The Morgan fingerprint density at radius 3 is 2.59 bits per heavy atom. The van der Waals surface area contributed by atoms with Crippen molar-refractivity contribution in [1.29, 1.82) is 0 Å². The number of alkyl halides is 2. The van der Waals surface area contributed by atoms with Gasteiger partial charge in [-0.15, -0.1) is 0 Å². The number of rotatable bonds is 10. The molecule has 0 saturated carbocycles. The smallest absolute Gasteiger partial charge is 0.459 e. The van der Waals surface area contributed by atoms with Crippen LogP contribution in [0.25, 0.3) is 0 Å². The molecule has 1 aliphatic rings. The van der Waals surface area contributed by atoms with E-state index in [4.69, 9.17) is 30.1 Å². The molecule has 12 nitrogen and oxygen atoms in total. The van der Waals surface area contributed by atoms with E-state index in [1.807, 2.05) is 4.98 Å². The molecule has 2 aromatic rings. The highest BCUT2D eigenvalue weighted by atomic mass is 35.5. The summed E-state index contributed by atoms with van der Waals surface area (Å²) in [5.74, 6) is -0.606. The van der Waals surface area contributed by atoms with Crippen LogP contribution in [-0.4, -0.2) is 56.7 Å². The zero-order chi connectivity index (χ0) is 27.5. The van der Waals surface area contributed by atoms with E-state index in [9.17, 15) is 24.1 Å². The summed E-state index contributed by atoms with van der Waals surface area (Å²) in [7, 11) is -4.35. The average molecular weight is 564 g/mol. The van der Waals surface area contributed by atoms with E-state index in [0.29, 0.717) is 4.57 Å². The summed E-state index contributed by atoms with van der Waals surface area (Å²) in [5, 5.41) is 9.93. The van der Waals surface area contributed by atoms with Crippen molar-refractivity contribution in [3.8, 4) is 5.75 Å². The van der Waals surface area contributed by atoms with Crippen molar-refractivity contribution in [3.63, 3.8) is 0 Å². The number of aromatic nitrogens is 2. The van der Waals surface area contributed by atoms with Crippen LogP contribution in [0.2, 0.25) is 0 Å². The van der Waals surface area contributed by atoms with Crippen molar-refractivity contribution in [1.82, 2.24) is 14.6 Å². The molecule has 204 valence electrons. The van der Waals surface area contributed by atoms with Crippen LogP contribution in [0.4, 0.5) is 4.39 Å². The van der Waals surface area contributed by atoms with Crippen molar-refractivity contribution < 1.29 is 37.4 Å². The number of aliphatic hydroxyl groups is 1. The van der Waals surface area contributed by atoms with Crippen LogP contribution in [0.15, 0.2) is 46.1 Å². The molecule has 1 aromatic heterocycles. The van der Waals surface area contributed by atoms with E-state index in [-0.39, 0.29) is 11.3 Å². The molecule has 0 radical (unpaired) electrons. The third kappa shape index (κ3) is 6.86. The Balaban J connectivity index is 1.82. The van der Waals surface area contributed by atoms with Crippen molar-refractivity contribution in [2.75, 3.05) is 6.61 Å². The monoisotopic (exact) mass is 563 g/mol. The SMILES string of the molecule is Cc1cn([C@@H]2O[C@H](CO[P@@](=O)(N[C@@H](C)C(=O)OC(C)C)Oc3ccccc3)[C@@H](O)[C@]2(F)Cl)c(=O)[nH]c1=O. The molecule has 2 heterocycles. The lowest BCUT2D eigenvalue weighted by atomic mass is 10.1. The van der Waals surface area contributed by atoms with Crippen molar-refractivity contribution in [2.24, 2.45) is 0 Å². The molecule has 0 unspecified atom stereocenters. The number of esters is 1. The Morgan fingerprint density at radius 2 is 1.97 bits per heavy atom. The highest BCUT2D eigenvalue weighted by Crippen LogP contribution is 2.48. The molecule has 0 amide bonds. The molecule has 1 aliphatic heterocycles. The van der Waals surface area contributed by atoms with Gasteiger partial charge in [0.25, 0.3) is 10.7 Å². The lowest BCUT2D eigenvalue weighted by molar-refractivity contribution is -0.149. The van der Waals surface area contributed by atoms with Gasteiger partial charge in [0.2, 0.25) is 0 Å². The van der Waals surface area contributed by atoms with Gasteiger partial charge in [-0.1, -0.05) is 29.8 Å². The van der Waals surface area contributed by atoms with E-state index < -0.39 is 67.3 Å². The Labute approximate surface area is 216 Å². The van der Waals surface area contributed by atoms with E-state index in [0.717, 1.165) is 6.20 Å². The lowest BCUT2D eigenvalue weighted by Crippen LogP contribution is -2.42. The van der Waals surface area contributed by atoms with Crippen LogP contribution in [-0.2, 0) is 23.4 Å².